The van der Waals surface area contributed by atoms with Gasteiger partial charge in [-0.1, -0.05) is 42.5 Å². The lowest BCUT2D eigenvalue weighted by molar-refractivity contribution is 0.736. The molecule has 2 aromatic carbocycles. The second-order valence-corrected chi connectivity index (χ2v) is 5.72. The molecule has 23 heavy (non-hydrogen) atoms. The highest BCUT2D eigenvalue weighted by atomic mass is 16.1. The maximum absolute atomic E-state index is 12.7. The van der Waals surface area contributed by atoms with Gasteiger partial charge in [0.05, 0.1) is 18.6 Å². The summed E-state index contributed by atoms with van der Waals surface area (Å²) in [6.45, 7) is 2.40. The van der Waals surface area contributed by atoms with Crippen molar-refractivity contribution < 1.29 is 0 Å². The third-order valence-corrected chi connectivity index (χ3v) is 4.31. The van der Waals surface area contributed by atoms with Crippen molar-refractivity contribution >= 4 is 21.8 Å². The summed E-state index contributed by atoms with van der Waals surface area (Å²) >= 11 is 0. The minimum absolute atomic E-state index is 0.105. The molecule has 4 aromatic rings. The number of benzene rings is 2. The number of fused-ring (bicyclic) bond motifs is 2. The molecule has 2 aromatic heterocycles. The Morgan fingerprint density at radius 2 is 1.83 bits per heavy atom. The van der Waals surface area contributed by atoms with Crippen LogP contribution in [0.3, 0.4) is 0 Å². The van der Waals surface area contributed by atoms with Gasteiger partial charge in [-0.2, -0.15) is 5.10 Å². The van der Waals surface area contributed by atoms with Gasteiger partial charge in [-0.3, -0.25) is 14.0 Å². The summed E-state index contributed by atoms with van der Waals surface area (Å²) in [5, 5.41) is 6.62. The number of hydrogen-bond donors (Lipinski definition) is 0. The number of aryl methyl sites for hydroxylation is 2. The van der Waals surface area contributed by atoms with E-state index in [1.54, 1.807) is 15.6 Å². The van der Waals surface area contributed by atoms with Gasteiger partial charge in [-0.25, -0.2) is 4.98 Å². The van der Waals surface area contributed by atoms with Crippen molar-refractivity contribution in [3.63, 3.8) is 0 Å². The molecule has 5 nitrogen and oxygen atoms in total. The van der Waals surface area contributed by atoms with Crippen LogP contribution in [0.2, 0.25) is 0 Å². The minimum Gasteiger partial charge on any atom is -0.293 e. The lowest BCUT2D eigenvalue weighted by Gasteiger charge is -2.08. The third kappa shape index (κ3) is 2.12. The fourth-order valence-electron chi connectivity index (χ4n) is 2.94. The Labute approximate surface area is 132 Å². The molecule has 2 heterocycles. The largest absolute Gasteiger partial charge is 0.293 e. The molecule has 0 saturated carbocycles. The fourth-order valence-corrected chi connectivity index (χ4v) is 2.94. The normalized spacial score (nSPS) is 11.4. The average Bonchev–Trinajstić information content (AvgIpc) is 2.86. The number of aromatic nitrogens is 4. The lowest BCUT2D eigenvalue weighted by Crippen LogP contribution is -2.21. The molecule has 0 aliphatic carbocycles. The summed E-state index contributed by atoms with van der Waals surface area (Å²) in [7, 11) is 1.82. The predicted octanol–water partition coefficient (Wildman–Crippen LogP) is 2.64. The zero-order valence-corrected chi connectivity index (χ0v) is 13.0. The first-order chi connectivity index (χ1) is 11.1. The van der Waals surface area contributed by atoms with E-state index in [4.69, 9.17) is 0 Å². The summed E-state index contributed by atoms with van der Waals surface area (Å²) in [6.07, 6.45) is 1.61. The highest BCUT2D eigenvalue weighted by molar-refractivity contribution is 5.85. The number of rotatable bonds is 2. The molecule has 114 valence electrons. The summed E-state index contributed by atoms with van der Waals surface area (Å²) in [6, 6.07) is 14.3. The Morgan fingerprint density at radius 1 is 1.04 bits per heavy atom. The third-order valence-electron chi connectivity index (χ3n) is 4.31. The van der Waals surface area contributed by atoms with Crippen LogP contribution in [0.1, 0.15) is 11.3 Å². The maximum atomic E-state index is 12.7. The van der Waals surface area contributed by atoms with Crippen LogP contribution in [0, 0.1) is 6.92 Å². The van der Waals surface area contributed by atoms with E-state index in [-0.39, 0.29) is 5.56 Å². The van der Waals surface area contributed by atoms with E-state index in [2.05, 4.69) is 28.3 Å². The Balaban J connectivity index is 1.87. The standard InChI is InChI=1S/C18H16N4O/c1-12-16-17(20-21(12)2)18(23)22(11-19-16)10-14-8-5-7-13-6-3-4-9-15(13)14/h3-9,11H,10H2,1-2H3. The van der Waals surface area contributed by atoms with Crippen LogP contribution in [0.15, 0.2) is 53.6 Å². The van der Waals surface area contributed by atoms with Gasteiger partial charge in [0.2, 0.25) is 0 Å². The topological polar surface area (TPSA) is 52.7 Å². The Bertz CT molecular complexity index is 1090. The lowest BCUT2D eigenvalue weighted by atomic mass is 10.0. The number of nitrogens with zero attached hydrogens (tertiary/aromatic N) is 4. The quantitative estimate of drug-likeness (QED) is 0.572. The summed E-state index contributed by atoms with van der Waals surface area (Å²) in [4.78, 5) is 17.1. The van der Waals surface area contributed by atoms with E-state index in [1.807, 2.05) is 38.2 Å². The van der Waals surface area contributed by atoms with Crippen LogP contribution >= 0.6 is 0 Å². The zero-order chi connectivity index (χ0) is 16.0. The Hall–Kier alpha value is -2.95. The first kappa shape index (κ1) is 13.7. The first-order valence-corrected chi connectivity index (χ1v) is 7.50. The zero-order valence-electron chi connectivity index (χ0n) is 13.0. The van der Waals surface area contributed by atoms with Crippen LogP contribution in [-0.2, 0) is 13.6 Å². The van der Waals surface area contributed by atoms with E-state index in [0.717, 1.165) is 16.6 Å². The molecule has 0 amide bonds. The minimum atomic E-state index is -0.105. The molecule has 0 bridgehead atoms. The molecular weight excluding hydrogens is 288 g/mol. The van der Waals surface area contributed by atoms with Gasteiger partial charge >= 0.3 is 0 Å². The van der Waals surface area contributed by atoms with Crippen molar-refractivity contribution in [1.82, 2.24) is 19.3 Å². The SMILES string of the molecule is Cc1c2ncn(Cc3cccc4ccccc34)c(=O)c2nn1C. The summed E-state index contributed by atoms with van der Waals surface area (Å²) in [5.41, 5.74) is 2.99. The smallest absolute Gasteiger partial charge is 0.282 e. The van der Waals surface area contributed by atoms with Gasteiger partial charge in [-0.15, -0.1) is 0 Å². The molecule has 0 fully saturated rings. The van der Waals surface area contributed by atoms with Crippen LogP contribution in [0.5, 0.6) is 0 Å². The van der Waals surface area contributed by atoms with Gasteiger partial charge < -0.3 is 0 Å². The van der Waals surface area contributed by atoms with Crippen molar-refractivity contribution in [1.29, 1.82) is 0 Å². The van der Waals surface area contributed by atoms with Crippen molar-refractivity contribution in [2.45, 2.75) is 13.5 Å². The molecule has 5 heteroatoms. The van der Waals surface area contributed by atoms with Gasteiger partial charge in [-0.05, 0) is 23.3 Å². The molecule has 0 aliphatic heterocycles. The molecule has 4 rings (SSSR count). The fraction of sp³-hybridized carbons (Fsp3) is 0.167. The molecular formula is C18H16N4O. The predicted molar refractivity (Wildman–Crippen MR) is 90.6 cm³/mol. The van der Waals surface area contributed by atoms with Crippen molar-refractivity contribution in [2.75, 3.05) is 0 Å². The van der Waals surface area contributed by atoms with Crippen LogP contribution in [0.25, 0.3) is 21.8 Å². The second-order valence-electron chi connectivity index (χ2n) is 5.72. The highest BCUT2D eigenvalue weighted by Crippen LogP contribution is 2.19. The van der Waals surface area contributed by atoms with Crippen molar-refractivity contribution in [2.24, 2.45) is 7.05 Å². The molecule has 0 atom stereocenters. The van der Waals surface area contributed by atoms with E-state index < -0.39 is 0 Å². The molecule has 0 unspecified atom stereocenters. The van der Waals surface area contributed by atoms with Gasteiger partial charge in [0, 0.05) is 7.05 Å². The molecule has 0 aliphatic rings. The second kappa shape index (κ2) is 5.05. The van der Waals surface area contributed by atoms with Gasteiger partial charge in [0.15, 0.2) is 5.52 Å². The molecule has 0 saturated heterocycles. The van der Waals surface area contributed by atoms with Gasteiger partial charge in [0.1, 0.15) is 5.52 Å². The van der Waals surface area contributed by atoms with Crippen LogP contribution in [-0.4, -0.2) is 19.3 Å². The summed E-state index contributed by atoms with van der Waals surface area (Å²) < 4.78 is 3.32. The van der Waals surface area contributed by atoms with E-state index >= 15 is 0 Å². The van der Waals surface area contributed by atoms with Crippen molar-refractivity contribution in [3.8, 4) is 0 Å². The Kier molecular flexibility index (Phi) is 3.01. The molecule has 0 N–H and O–H groups in total. The average molecular weight is 304 g/mol. The van der Waals surface area contributed by atoms with E-state index in [1.165, 1.54) is 5.39 Å². The molecule has 0 radical (unpaired) electrons. The van der Waals surface area contributed by atoms with Crippen molar-refractivity contribution in [3.05, 3.63) is 70.4 Å². The highest BCUT2D eigenvalue weighted by Gasteiger charge is 2.12. The maximum Gasteiger partial charge on any atom is 0.282 e. The number of hydrogen-bond acceptors (Lipinski definition) is 3. The summed E-state index contributed by atoms with van der Waals surface area (Å²) in [5.74, 6) is 0. The Morgan fingerprint density at radius 3 is 2.70 bits per heavy atom. The monoisotopic (exact) mass is 304 g/mol. The van der Waals surface area contributed by atoms with E-state index in [9.17, 15) is 4.79 Å². The van der Waals surface area contributed by atoms with Crippen LogP contribution < -0.4 is 5.56 Å². The first-order valence-electron chi connectivity index (χ1n) is 7.50. The molecule has 0 spiro atoms. The van der Waals surface area contributed by atoms with Gasteiger partial charge in [0.25, 0.3) is 5.56 Å². The van der Waals surface area contributed by atoms with E-state index in [0.29, 0.717) is 17.6 Å². The van der Waals surface area contributed by atoms with Crippen LogP contribution in [0.4, 0.5) is 0 Å².